The molecule has 2 heterocycles. The quantitative estimate of drug-likeness (QED) is 0.845. The summed E-state index contributed by atoms with van der Waals surface area (Å²) in [6.45, 7) is 0.619. The lowest BCUT2D eigenvalue weighted by molar-refractivity contribution is -0.143. The molecule has 2 aromatic rings. The minimum atomic E-state index is -0.923. The molecule has 0 bridgehead atoms. The van der Waals surface area contributed by atoms with Crippen molar-refractivity contribution in [2.75, 3.05) is 7.11 Å². The number of fused-ring (bicyclic) bond motifs is 1. The molecule has 1 atom stereocenters. The van der Waals surface area contributed by atoms with Crippen molar-refractivity contribution in [2.24, 2.45) is 7.05 Å². The smallest absolute Gasteiger partial charge is 0.333 e. The predicted molar refractivity (Wildman–Crippen MR) is 91.3 cm³/mol. The Labute approximate surface area is 145 Å². The fourth-order valence-electron chi connectivity index (χ4n) is 3.28. The maximum atomic E-state index is 12.9. The van der Waals surface area contributed by atoms with Crippen LogP contribution >= 0.6 is 0 Å². The van der Waals surface area contributed by atoms with Gasteiger partial charge in [0.1, 0.15) is 5.69 Å². The van der Waals surface area contributed by atoms with Crippen LogP contribution in [0.25, 0.3) is 0 Å². The lowest BCUT2D eigenvalue weighted by Crippen LogP contribution is -2.36. The number of aromatic nitrogens is 2. The van der Waals surface area contributed by atoms with E-state index in [0.29, 0.717) is 24.2 Å². The van der Waals surface area contributed by atoms with Crippen LogP contribution in [-0.4, -0.2) is 28.1 Å². The largest absolute Gasteiger partial charge is 0.467 e. The first-order valence-corrected chi connectivity index (χ1v) is 8.26. The standard InChI is InChI=1S/C18H21N3O4/c1-20-15(13-10-6-7-11-21(13)18(20)24)16(22)19-14(17(23)25-2)12-8-4-3-5-9-12/h3-5,8-9,14H,6-7,10-11H2,1-2H3,(H,19,22). The number of amides is 1. The zero-order valence-electron chi connectivity index (χ0n) is 14.3. The van der Waals surface area contributed by atoms with Gasteiger partial charge in [0.15, 0.2) is 6.04 Å². The highest BCUT2D eigenvalue weighted by atomic mass is 16.5. The predicted octanol–water partition coefficient (Wildman–Crippen LogP) is 1.17. The first-order chi connectivity index (χ1) is 12.0. The maximum Gasteiger partial charge on any atom is 0.333 e. The van der Waals surface area contributed by atoms with Gasteiger partial charge in [0.25, 0.3) is 5.91 Å². The highest BCUT2D eigenvalue weighted by Crippen LogP contribution is 2.19. The summed E-state index contributed by atoms with van der Waals surface area (Å²) >= 11 is 0. The van der Waals surface area contributed by atoms with Crippen molar-refractivity contribution in [3.63, 3.8) is 0 Å². The second-order valence-corrected chi connectivity index (χ2v) is 6.09. The van der Waals surface area contributed by atoms with Gasteiger partial charge in [0, 0.05) is 13.6 Å². The molecule has 25 heavy (non-hydrogen) atoms. The van der Waals surface area contributed by atoms with Crippen molar-refractivity contribution in [1.82, 2.24) is 14.5 Å². The number of nitrogens with one attached hydrogen (secondary N) is 1. The molecule has 1 aliphatic heterocycles. The third-order valence-electron chi connectivity index (χ3n) is 4.56. The summed E-state index contributed by atoms with van der Waals surface area (Å²) in [5, 5.41) is 2.72. The van der Waals surface area contributed by atoms with Crippen LogP contribution in [0.3, 0.4) is 0 Å². The van der Waals surface area contributed by atoms with Gasteiger partial charge in [0.2, 0.25) is 0 Å². The molecule has 3 rings (SSSR count). The number of ether oxygens (including phenoxy) is 1. The molecule has 1 aromatic heterocycles. The van der Waals surface area contributed by atoms with Crippen LogP contribution in [0.15, 0.2) is 35.1 Å². The van der Waals surface area contributed by atoms with Crippen molar-refractivity contribution in [2.45, 2.75) is 31.8 Å². The lowest BCUT2D eigenvalue weighted by atomic mass is 10.1. The van der Waals surface area contributed by atoms with E-state index >= 15 is 0 Å². The van der Waals surface area contributed by atoms with Gasteiger partial charge in [-0.05, 0) is 24.8 Å². The highest BCUT2D eigenvalue weighted by molar-refractivity contribution is 5.96. The molecule has 0 radical (unpaired) electrons. The van der Waals surface area contributed by atoms with Crippen LogP contribution in [0.1, 0.15) is 40.6 Å². The van der Waals surface area contributed by atoms with Crippen molar-refractivity contribution >= 4 is 11.9 Å². The fraction of sp³-hybridized carbons (Fsp3) is 0.389. The molecular formula is C18H21N3O4. The molecule has 0 aliphatic carbocycles. The maximum absolute atomic E-state index is 12.9. The Balaban J connectivity index is 1.95. The summed E-state index contributed by atoms with van der Waals surface area (Å²) in [7, 11) is 2.86. The topological polar surface area (TPSA) is 82.3 Å². The summed E-state index contributed by atoms with van der Waals surface area (Å²) < 4.78 is 7.83. The number of nitrogens with zero attached hydrogens (tertiary/aromatic N) is 2. The molecule has 7 heteroatoms. The number of carbonyl (C=O) groups is 2. The Morgan fingerprint density at radius 1 is 1.20 bits per heavy atom. The molecule has 1 aliphatic rings. The number of hydrogen-bond donors (Lipinski definition) is 1. The molecule has 0 spiro atoms. The second kappa shape index (κ2) is 6.96. The zero-order chi connectivity index (χ0) is 18.0. The third-order valence-corrected chi connectivity index (χ3v) is 4.56. The Morgan fingerprint density at radius 3 is 2.60 bits per heavy atom. The van der Waals surface area contributed by atoms with Gasteiger partial charge in [-0.15, -0.1) is 0 Å². The molecule has 7 nitrogen and oxygen atoms in total. The van der Waals surface area contributed by atoms with E-state index in [-0.39, 0.29) is 5.69 Å². The van der Waals surface area contributed by atoms with E-state index in [0.717, 1.165) is 18.5 Å². The van der Waals surface area contributed by atoms with E-state index in [1.807, 2.05) is 6.07 Å². The lowest BCUT2D eigenvalue weighted by Gasteiger charge is -2.18. The van der Waals surface area contributed by atoms with Gasteiger partial charge in [-0.2, -0.15) is 0 Å². The van der Waals surface area contributed by atoms with Crippen molar-refractivity contribution in [1.29, 1.82) is 0 Å². The van der Waals surface area contributed by atoms with Gasteiger partial charge in [-0.3, -0.25) is 13.9 Å². The number of benzene rings is 1. The van der Waals surface area contributed by atoms with Gasteiger partial charge in [-0.25, -0.2) is 9.59 Å². The second-order valence-electron chi connectivity index (χ2n) is 6.09. The first kappa shape index (κ1) is 17.0. The van der Waals surface area contributed by atoms with Crippen LogP contribution in [0, 0.1) is 0 Å². The number of imidazole rings is 1. The van der Waals surface area contributed by atoms with E-state index in [9.17, 15) is 14.4 Å². The minimum Gasteiger partial charge on any atom is -0.467 e. The molecule has 1 unspecified atom stereocenters. The van der Waals surface area contributed by atoms with E-state index in [4.69, 9.17) is 4.74 Å². The van der Waals surface area contributed by atoms with Crippen LogP contribution in [0.2, 0.25) is 0 Å². The summed E-state index contributed by atoms with van der Waals surface area (Å²) in [4.78, 5) is 37.3. The molecule has 0 saturated heterocycles. The summed E-state index contributed by atoms with van der Waals surface area (Å²) in [6.07, 6.45) is 2.53. The normalized spacial score (nSPS) is 14.5. The van der Waals surface area contributed by atoms with Crippen molar-refractivity contribution in [3.05, 3.63) is 57.8 Å². The molecule has 1 amide bonds. The SMILES string of the molecule is COC(=O)C(NC(=O)c1c2n(c(=O)n1C)CCCC2)c1ccccc1. The van der Waals surface area contributed by atoms with E-state index in [2.05, 4.69) is 5.32 Å². The molecule has 0 saturated carbocycles. The number of carbonyl (C=O) groups excluding carboxylic acids is 2. The minimum absolute atomic E-state index is 0.200. The molecule has 1 N–H and O–H groups in total. The van der Waals surface area contributed by atoms with Gasteiger partial charge in [0.05, 0.1) is 12.8 Å². The van der Waals surface area contributed by atoms with E-state index in [1.54, 1.807) is 35.9 Å². The Kier molecular flexibility index (Phi) is 4.74. The third kappa shape index (κ3) is 3.09. The number of methoxy groups -OCH3 is 1. The average Bonchev–Trinajstić information content (AvgIpc) is 2.91. The number of hydrogen-bond acceptors (Lipinski definition) is 4. The summed E-state index contributed by atoms with van der Waals surface area (Å²) in [5.74, 6) is -1.01. The van der Waals surface area contributed by atoms with Gasteiger partial charge in [-0.1, -0.05) is 30.3 Å². The van der Waals surface area contributed by atoms with Gasteiger partial charge >= 0.3 is 11.7 Å². The molecular weight excluding hydrogens is 322 g/mol. The average molecular weight is 343 g/mol. The van der Waals surface area contributed by atoms with E-state index in [1.165, 1.54) is 11.7 Å². The first-order valence-electron chi connectivity index (χ1n) is 8.26. The monoisotopic (exact) mass is 343 g/mol. The molecule has 0 fully saturated rings. The highest BCUT2D eigenvalue weighted by Gasteiger charge is 2.29. The number of rotatable bonds is 4. The fourth-order valence-corrected chi connectivity index (χ4v) is 3.28. The zero-order valence-corrected chi connectivity index (χ0v) is 14.3. The van der Waals surface area contributed by atoms with E-state index < -0.39 is 17.9 Å². The Morgan fingerprint density at radius 2 is 1.92 bits per heavy atom. The van der Waals surface area contributed by atoms with Crippen LogP contribution in [-0.2, 0) is 29.5 Å². The van der Waals surface area contributed by atoms with Crippen LogP contribution < -0.4 is 11.0 Å². The summed E-state index contributed by atoms with van der Waals surface area (Å²) in [6, 6.07) is 7.97. The number of esters is 1. The van der Waals surface area contributed by atoms with Crippen molar-refractivity contribution < 1.29 is 14.3 Å². The molecule has 132 valence electrons. The van der Waals surface area contributed by atoms with Crippen LogP contribution in [0.5, 0.6) is 0 Å². The van der Waals surface area contributed by atoms with Crippen molar-refractivity contribution in [3.8, 4) is 0 Å². The van der Waals surface area contributed by atoms with Gasteiger partial charge < -0.3 is 10.1 Å². The van der Waals surface area contributed by atoms with Crippen LogP contribution in [0.4, 0.5) is 0 Å². The Hall–Kier alpha value is -2.83. The summed E-state index contributed by atoms with van der Waals surface area (Å²) in [5.41, 5.74) is 1.47. The molecule has 1 aromatic carbocycles. The Bertz CT molecular complexity index is 851.